The first-order valence-corrected chi connectivity index (χ1v) is 5.71. The van der Waals surface area contributed by atoms with Crippen LogP contribution in [0, 0.1) is 0 Å². The molecule has 0 amide bonds. The number of nitrogens with zero attached hydrogens (tertiary/aromatic N) is 1. The van der Waals surface area contributed by atoms with Gasteiger partial charge in [-0.1, -0.05) is 13.8 Å². The number of hydrogen-bond acceptors (Lipinski definition) is 3. The average Bonchev–Trinajstić information content (AvgIpc) is 2.56. The van der Waals surface area contributed by atoms with E-state index in [0.717, 1.165) is 0 Å². The smallest absolute Gasteiger partial charge is 0.310 e. The Morgan fingerprint density at radius 1 is 1.11 bits per heavy atom. The number of rotatable bonds is 3. The minimum absolute atomic E-state index is 0.0167. The summed E-state index contributed by atoms with van der Waals surface area (Å²) in [4.78, 5) is 2.20. The Balaban J connectivity index is 3.10. The molecule has 1 heterocycles. The third kappa shape index (κ3) is 3.84. The van der Waals surface area contributed by atoms with Crippen LogP contribution in [-0.4, -0.2) is 11.0 Å². The minimum atomic E-state index is -4.88. The Kier molecular flexibility index (Phi) is 4.26. The third-order valence-electron chi connectivity index (χ3n) is 1.88. The van der Waals surface area contributed by atoms with Crippen molar-refractivity contribution in [2.45, 2.75) is 38.8 Å². The van der Waals surface area contributed by atoms with Gasteiger partial charge in [0.2, 0.25) is 0 Å². The van der Waals surface area contributed by atoms with Crippen molar-refractivity contribution in [3.63, 3.8) is 0 Å². The van der Waals surface area contributed by atoms with E-state index >= 15 is 0 Å². The Hall–Kier alpha value is -0.830. The molecule has 1 aromatic rings. The number of thiazole rings is 1. The van der Waals surface area contributed by atoms with Gasteiger partial charge in [0.15, 0.2) is 10.7 Å². The second kappa shape index (κ2) is 5.04. The molecule has 1 aromatic heterocycles. The van der Waals surface area contributed by atoms with E-state index in [1.807, 2.05) is 0 Å². The first kappa shape index (κ1) is 15.2. The monoisotopic (exact) mass is 292 g/mol. The lowest BCUT2D eigenvalue weighted by Crippen LogP contribution is -2.23. The van der Waals surface area contributed by atoms with E-state index in [9.17, 15) is 26.3 Å². The van der Waals surface area contributed by atoms with Gasteiger partial charge in [0.1, 0.15) is 0 Å². The molecule has 9 heteroatoms. The molecule has 104 valence electrons. The van der Waals surface area contributed by atoms with Crippen molar-refractivity contribution in [2.75, 3.05) is 0 Å². The Bertz CT molecular complexity index is 406. The number of nitrogens with one attached hydrogen (secondary N) is 1. The van der Waals surface area contributed by atoms with Gasteiger partial charge in [0.05, 0.1) is 4.88 Å². The zero-order valence-corrected chi connectivity index (χ0v) is 10.2. The average molecular weight is 292 g/mol. The fourth-order valence-electron chi connectivity index (χ4n) is 1.11. The topological polar surface area (TPSA) is 24.9 Å². The summed E-state index contributed by atoms with van der Waals surface area (Å²) in [5.41, 5.74) is -1.46. The summed E-state index contributed by atoms with van der Waals surface area (Å²) in [5.74, 6) is 0. The second-order valence-corrected chi connectivity index (χ2v) is 4.91. The molecule has 2 nitrogen and oxygen atoms in total. The van der Waals surface area contributed by atoms with Crippen LogP contribution in [-0.2, 0) is 18.9 Å². The SMILES string of the molecule is CC(C)NCc1sc(C(F)(F)F)nc1C(F)(F)F. The predicted octanol–water partition coefficient (Wildman–Crippen LogP) is 3.68. The predicted molar refractivity (Wildman–Crippen MR) is 54.1 cm³/mol. The molecular formula is C9H10F6N2S. The van der Waals surface area contributed by atoms with Crippen LogP contribution in [0.25, 0.3) is 0 Å². The van der Waals surface area contributed by atoms with Crippen LogP contribution in [0.2, 0.25) is 0 Å². The van der Waals surface area contributed by atoms with Crippen molar-refractivity contribution in [3.8, 4) is 0 Å². The van der Waals surface area contributed by atoms with Crippen molar-refractivity contribution >= 4 is 11.3 Å². The van der Waals surface area contributed by atoms with Gasteiger partial charge in [-0.2, -0.15) is 26.3 Å². The highest BCUT2D eigenvalue weighted by molar-refractivity contribution is 7.11. The first-order chi connectivity index (χ1) is 8.01. The van der Waals surface area contributed by atoms with E-state index in [2.05, 4.69) is 10.3 Å². The van der Waals surface area contributed by atoms with Crippen molar-refractivity contribution in [1.29, 1.82) is 0 Å². The molecule has 0 atom stereocenters. The molecule has 0 aromatic carbocycles. The standard InChI is InChI=1S/C9H10F6N2S/c1-4(2)16-3-5-6(8(10,11)12)17-7(18-5)9(13,14)15/h4,16H,3H2,1-2H3. The van der Waals surface area contributed by atoms with Crippen LogP contribution in [0.3, 0.4) is 0 Å². The molecule has 0 saturated carbocycles. The molecule has 0 fully saturated rings. The highest BCUT2D eigenvalue weighted by Crippen LogP contribution is 2.39. The normalized spacial score (nSPS) is 13.4. The van der Waals surface area contributed by atoms with Crippen molar-refractivity contribution in [3.05, 3.63) is 15.6 Å². The second-order valence-electron chi connectivity index (χ2n) is 3.82. The van der Waals surface area contributed by atoms with E-state index in [0.29, 0.717) is 0 Å². The van der Waals surface area contributed by atoms with E-state index in [-0.39, 0.29) is 23.9 Å². The van der Waals surface area contributed by atoms with Crippen molar-refractivity contribution in [1.82, 2.24) is 10.3 Å². The largest absolute Gasteiger partial charge is 0.443 e. The third-order valence-corrected chi connectivity index (χ3v) is 2.98. The summed E-state index contributed by atoms with van der Waals surface area (Å²) in [7, 11) is 0. The molecule has 0 bridgehead atoms. The summed E-state index contributed by atoms with van der Waals surface area (Å²) < 4.78 is 74.6. The van der Waals surface area contributed by atoms with Gasteiger partial charge in [-0.05, 0) is 0 Å². The van der Waals surface area contributed by atoms with Crippen LogP contribution in [0.4, 0.5) is 26.3 Å². The van der Waals surface area contributed by atoms with E-state index in [1.165, 1.54) is 0 Å². The van der Waals surface area contributed by atoms with Gasteiger partial charge in [-0.15, -0.1) is 11.3 Å². The molecule has 0 saturated heterocycles. The van der Waals surface area contributed by atoms with Gasteiger partial charge >= 0.3 is 12.4 Å². The number of aromatic nitrogens is 1. The highest BCUT2D eigenvalue weighted by Gasteiger charge is 2.42. The van der Waals surface area contributed by atoms with Crippen LogP contribution in [0.1, 0.15) is 29.4 Å². The fourth-order valence-corrected chi connectivity index (χ4v) is 2.01. The zero-order chi connectivity index (χ0) is 14.1. The number of alkyl halides is 6. The maximum atomic E-state index is 12.5. The fraction of sp³-hybridized carbons (Fsp3) is 0.667. The zero-order valence-electron chi connectivity index (χ0n) is 9.41. The summed E-state index contributed by atoms with van der Waals surface area (Å²) in [5, 5.41) is 1.17. The molecule has 0 radical (unpaired) electrons. The van der Waals surface area contributed by atoms with Crippen LogP contribution < -0.4 is 5.32 Å². The highest BCUT2D eigenvalue weighted by atomic mass is 32.1. The van der Waals surface area contributed by atoms with Crippen LogP contribution in [0.15, 0.2) is 0 Å². The maximum absolute atomic E-state index is 12.5. The molecule has 0 aliphatic rings. The van der Waals surface area contributed by atoms with Gasteiger partial charge in [0, 0.05) is 12.6 Å². The Morgan fingerprint density at radius 2 is 1.67 bits per heavy atom. The quantitative estimate of drug-likeness (QED) is 0.860. The summed E-state index contributed by atoms with van der Waals surface area (Å²) >= 11 is 0.0167. The molecule has 0 unspecified atom stereocenters. The minimum Gasteiger partial charge on any atom is -0.310 e. The van der Waals surface area contributed by atoms with Crippen molar-refractivity contribution in [2.24, 2.45) is 0 Å². The van der Waals surface area contributed by atoms with Gasteiger partial charge < -0.3 is 5.32 Å². The lowest BCUT2D eigenvalue weighted by atomic mass is 10.3. The molecule has 1 N–H and O–H groups in total. The molecule has 0 spiro atoms. The lowest BCUT2D eigenvalue weighted by Gasteiger charge is -2.09. The molecule has 1 rings (SSSR count). The van der Waals surface area contributed by atoms with E-state index in [1.54, 1.807) is 13.8 Å². The van der Waals surface area contributed by atoms with Gasteiger partial charge in [-0.3, -0.25) is 0 Å². The Labute approximate surface area is 103 Å². The van der Waals surface area contributed by atoms with Crippen LogP contribution in [0.5, 0.6) is 0 Å². The molecular weight excluding hydrogens is 282 g/mol. The summed E-state index contributed by atoms with van der Waals surface area (Å²) in [6.45, 7) is 3.07. The van der Waals surface area contributed by atoms with Crippen molar-refractivity contribution < 1.29 is 26.3 Å². The van der Waals surface area contributed by atoms with E-state index < -0.39 is 27.9 Å². The van der Waals surface area contributed by atoms with Gasteiger partial charge in [-0.25, -0.2) is 4.98 Å². The van der Waals surface area contributed by atoms with Gasteiger partial charge in [0.25, 0.3) is 0 Å². The Morgan fingerprint density at radius 3 is 2.06 bits per heavy atom. The maximum Gasteiger partial charge on any atom is 0.443 e. The summed E-state index contributed by atoms with van der Waals surface area (Å²) in [6.07, 6.45) is -9.74. The molecule has 18 heavy (non-hydrogen) atoms. The number of halogens is 6. The summed E-state index contributed by atoms with van der Waals surface area (Å²) in [6, 6.07) is -0.137. The van der Waals surface area contributed by atoms with Crippen LogP contribution >= 0.6 is 11.3 Å². The lowest BCUT2D eigenvalue weighted by molar-refractivity contribution is -0.147. The molecule has 0 aliphatic carbocycles. The van der Waals surface area contributed by atoms with E-state index in [4.69, 9.17) is 0 Å². The number of hydrogen-bond donors (Lipinski definition) is 1. The molecule has 0 aliphatic heterocycles. The first-order valence-electron chi connectivity index (χ1n) is 4.89.